The molecule has 5 heteroatoms. The smallest absolute Gasteiger partial charge is 0.317 e. The van der Waals surface area contributed by atoms with Crippen LogP contribution in [-0.4, -0.2) is 41.1 Å². The van der Waals surface area contributed by atoms with Crippen LogP contribution in [0.25, 0.3) is 0 Å². The fraction of sp³-hybridized carbons (Fsp3) is 0.867. The van der Waals surface area contributed by atoms with Gasteiger partial charge < -0.3 is 15.3 Å². The molecular formula is C15H28N2O3. The van der Waals surface area contributed by atoms with Gasteiger partial charge in [-0.3, -0.25) is 4.79 Å². The molecule has 0 bridgehead atoms. The second kappa shape index (κ2) is 6.95. The number of carboxylic acids is 1. The van der Waals surface area contributed by atoms with E-state index in [4.69, 9.17) is 0 Å². The number of hydrogen-bond donors (Lipinski definition) is 2. The van der Waals surface area contributed by atoms with Crippen LogP contribution in [0.4, 0.5) is 4.79 Å². The molecule has 0 aromatic carbocycles. The van der Waals surface area contributed by atoms with Crippen molar-refractivity contribution >= 4 is 12.0 Å². The molecular weight excluding hydrogens is 256 g/mol. The summed E-state index contributed by atoms with van der Waals surface area (Å²) in [6, 6.07) is 0.0908. The topological polar surface area (TPSA) is 69.6 Å². The summed E-state index contributed by atoms with van der Waals surface area (Å²) in [5, 5.41) is 12.3. The molecule has 2 amide bonds. The molecule has 1 unspecified atom stereocenters. The summed E-state index contributed by atoms with van der Waals surface area (Å²) in [6.07, 6.45) is 2.67. The van der Waals surface area contributed by atoms with Crippen molar-refractivity contribution < 1.29 is 14.7 Å². The van der Waals surface area contributed by atoms with Gasteiger partial charge in [0, 0.05) is 19.1 Å². The van der Waals surface area contributed by atoms with Crippen LogP contribution in [0.3, 0.4) is 0 Å². The SMILES string of the molecule is CCC1(C(=O)O)CCN(C(=O)NC(C)CC(C)C)CC1. The van der Waals surface area contributed by atoms with Crippen LogP contribution in [0.1, 0.15) is 53.4 Å². The van der Waals surface area contributed by atoms with E-state index in [9.17, 15) is 14.7 Å². The number of urea groups is 1. The maximum absolute atomic E-state index is 12.1. The lowest BCUT2D eigenvalue weighted by Crippen LogP contribution is -2.51. The largest absolute Gasteiger partial charge is 0.481 e. The zero-order chi connectivity index (χ0) is 15.3. The highest BCUT2D eigenvalue weighted by Crippen LogP contribution is 2.35. The molecule has 116 valence electrons. The summed E-state index contributed by atoms with van der Waals surface area (Å²) in [7, 11) is 0. The van der Waals surface area contributed by atoms with E-state index in [1.165, 1.54) is 0 Å². The molecule has 0 spiro atoms. The summed E-state index contributed by atoms with van der Waals surface area (Å²) >= 11 is 0. The first-order valence-electron chi connectivity index (χ1n) is 7.59. The highest BCUT2D eigenvalue weighted by atomic mass is 16.4. The van der Waals surface area contributed by atoms with Gasteiger partial charge in [0.05, 0.1) is 5.41 Å². The Kier molecular flexibility index (Phi) is 5.84. The molecule has 1 fully saturated rings. The Morgan fingerprint density at radius 2 is 1.80 bits per heavy atom. The van der Waals surface area contributed by atoms with E-state index < -0.39 is 11.4 Å². The van der Waals surface area contributed by atoms with Gasteiger partial charge in [-0.15, -0.1) is 0 Å². The van der Waals surface area contributed by atoms with E-state index in [1.807, 2.05) is 13.8 Å². The zero-order valence-corrected chi connectivity index (χ0v) is 13.1. The number of nitrogens with zero attached hydrogens (tertiary/aromatic N) is 1. The molecule has 1 aliphatic heterocycles. The number of likely N-dealkylation sites (tertiary alicyclic amines) is 1. The van der Waals surface area contributed by atoms with Crippen molar-refractivity contribution in [3.63, 3.8) is 0 Å². The van der Waals surface area contributed by atoms with Gasteiger partial charge in [-0.25, -0.2) is 4.79 Å². The number of hydrogen-bond acceptors (Lipinski definition) is 2. The Balaban J connectivity index is 2.48. The van der Waals surface area contributed by atoms with E-state index in [0.717, 1.165) is 6.42 Å². The summed E-state index contributed by atoms with van der Waals surface area (Å²) in [5.74, 6) is -0.181. The van der Waals surface area contributed by atoms with Gasteiger partial charge in [0.15, 0.2) is 0 Å². The van der Waals surface area contributed by atoms with Crippen LogP contribution in [0.2, 0.25) is 0 Å². The first kappa shape index (κ1) is 16.8. The molecule has 1 rings (SSSR count). The van der Waals surface area contributed by atoms with E-state index in [0.29, 0.717) is 38.3 Å². The normalized spacial score (nSPS) is 19.8. The van der Waals surface area contributed by atoms with Crippen LogP contribution >= 0.6 is 0 Å². The van der Waals surface area contributed by atoms with Crippen molar-refractivity contribution in [3.8, 4) is 0 Å². The molecule has 1 heterocycles. The average molecular weight is 284 g/mol. The third-order valence-electron chi connectivity index (χ3n) is 4.33. The van der Waals surface area contributed by atoms with E-state index >= 15 is 0 Å². The van der Waals surface area contributed by atoms with Gasteiger partial charge in [0.2, 0.25) is 0 Å². The van der Waals surface area contributed by atoms with Crippen LogP contribution in [0.5, 0.6) is 0 Å². The van der Waals surface area contributed by atoms with Gasteiger partial charge >= 0.3 is 12.0 Å². The van der Waals surface area contributed by atoms with Gasteiger partial charge in [-0.2, -0.15) is 0 Å². The molecule has 0 radical (unpaired) electrons. The first-order valence-corrected chi connectivity index (χ1v) is 7.59. The number of piperidine rings is 1. The van der Waals surface area contributed by atoms with Crippen LogP contribution in [0.15, 0.2) is 0 Å². The Morgan fingerprint density at radius 1 is 1.25 bits per heavy atom. The predicted octanol–water partition coefficient (Wildman–Crippen LogP) is 2.71. The molecule has 2 N–H and O–H groups in total. The van der Waals surface area contributed by atoms with Crippen molar-refractivity contribution in [2.45, 2.75) is 59.4 Å². The highest BCUT2D eigenvalue weighted by molar-refractivity contribution is 5.77. The second-order valence-electron chi connectivity index (χ2n) is 6.41. The van der Waals surface area contributed by atoms with Gasteiger partial charge in [0.25, 0.3) is 0 Å². The number of carbonyl (C=O) groups excluding carboxylic acids is 1. The summed E-state index contributed by atoms with van der Waals surface area (Å²) in [4.78, 5) is 25.2. The van der Waals surface area contributed by atoms with Crippen molar-refractivity contribution in [1.82, 2.24) is 10.2 Å². The third-order valence-corrected chi connectivity index (χ3v) is 4.33. The summed E-state index contributed by atoms with van der Waals surface area (Å²) in [5.41, 5.74) is -0.639. The minimum atomic E-state index is -0.728. The van der Waals surface area contributed by atoms with Crippen LogP contribution in [-0.2, 0) is 4.79 Å². The van der Waals surface area contributed by atoms with Crippen molar-refractivity contribution in [2.75, 3.05) is 13.1 Å². The molecule has 1 atom stereocenters. The molecule has 0 aliphatic carbocycles. The first-order chi connectivity index (χ1) is 9.30. The monoisotopic (exact) mass is 284 g/mol. The van der Waals surface area contributed by atoms with Gasteiger partial charge in [0.1, 0.15) is 0 Å². The number of rotatable bonds is 5. The maximum Gasteiger partial charge on any atom is 0.317 e. The number of carbonyl (C=O) groups is 2. The number of nitrogens with one attached hydrogen (secondary N) is 1. The molecule has 0 aromatic heterocycles. The molecule has 1 saturated heterocycles. The Labute approximate surface area is 121 Å². The molecule has 1 aliphatic rings. The van der Waals surface area contributed by atoms with Crippen LogP contribution in [0, 0.1) is 11.3 Å². The molecule has 0 saturated carbocycles. The molecule has 5 nitrogen and oxygen atoms in total. The fourth-order valence-electron chi connectivity index (χ4n) is 2.92. The minimum Gasteiger partial charge on any atom is -0.481 e. The Bertz CT molecular complexity index is 347. The third kappa shape index (κ3) is 4.12. The Hall–Kier alpha value is -1.26. The number of aliphatic carboxylic acids is 1. The van der Waals surface area contributed by atoms with Gasteiger partial charge in [-0.1, -0.05) is 20.8 Å². The minimum absolute atomic E-state index is 0.0618. The standard InChI is InChI=1S/C15H28N2O3/c1-5-15(13(18)19)6-8-17(9-7-15)14(20)16-12(4)10-11(2)3/h11-12H,5-10H2,1-4H3,(H,16,20)(H,18,19). The van der Waals surface area contributed by atoms with Crippen molar-refractivity contribution in [2.24, 2.45) is 11.3 Å². The lowest BCUT2D eigenvalue weighted by molar-refractivity contribution is -0.151. The van der Waals surface area contributed by atoms with E-state index in [-0.39, 0.29) is 12.1 Å². The fourth-order valence-corrected chi connectivity index (χ4v) is 2.92. The summed E-state index contributed by atoms with van der Waals surface area (Å²) in [6.45, 7) is 9.24. The Morgan fingerprint density at radius 3 is 2.20 bits per heavy atom. The van der Waals surface area contributed by atoms with E-state index in [2.05, 4.69) is 19.2 Å². The van der Waals surface area contributed by atoms with Crippen molar-refractivity contribution in [1.29, 1.82) is 0 Å². The predicted molar refractivity (Wildman–Crippen MR) is 78.6 cm³/mol. The lowest BCUT2D eigenvalue weighted by atomic mass is 9.76. The van der Waals surface area contributed by atoms with Crippen LogP contribution < -0.4 is 5.32 Å². The average Bonchev–Trinajstić information content (AvgIpc) is 2.37. The molecule has 0 aromatic rings. The maximum atomic E-state index is 12.1. The van der Waals surface area contributed by atoms with E-state index in [1.54, 1.807) is 4.90 Å². The second-order valence-corrected chi connectivity index (χ2v) is 6.41. The van der Waals surface area contributed by atoms with Gasteiger partial charge in [-0.05, 0) is 38.5 Å². The zero-order valence-electron chi connectivity index (χ0n) is 13.1. The molecule has 20 heavy (non-hydrogen) atoms. The lowest BCUT2D eigenvalue weighted by Gasteiger charge is -2.38. The number of amides is 2. The number of carboxylic acid groups (broad SMARTS) is 1. The summed E-state index contributed by atoms with van der Waals surface area (Å²) < 4.78 is 0. The highest BCUT2D eigenvalue weighted by Gasteiger charge is 2.40. The van der Waals surface area contributed by atoms with Crippen molar-refractivity contribution in [3.05, 3.63) is 0 Å². The quantitative estimate of drug-likeness (QED) is 0.815.